The van der Waals surface area contributed by atoms with E-state index in [9.17, 15) is 4.79 Å². The van der Waals surface area contributed by atoms with Crippen LogP contribution in [0.25, 0.3) is 0 Å². The highest BCUT2D eigenvalue weighted by Crippen LogP contribution is 2.30. The third-order valence-corrected chi connectivity index (χ3v) is 3.28. The van der Waals surface area contributed by atoms with Gasteiger partial charge in [0.25, 0.3) is 0 Å². The van der Waals surface area contributed by atoms with Gasteiger partial charge in [0.05, 0.1) is 17.3 Å². The number of thiophene rings is 1. The molecule has 0 amide bonds. The van der Waals surface area contributed by atoms with E-state index in [0.717, 1.165) is 11.4 Å². The van der Waals surface area contributed by atoms with Crippen LogP contribution in [0.1, 0.15) is 36.9 Å². The Bertz CT molecular complexity index is 363. The molecule has 4 nitrogen and oxygen atoms in total. The summed E-state index contributed by atoms with van der Waals surface area (Å²) in [6, 6.07) is 2.15. The van der Waals surface area contributed by atoms with Crippen molar-refractivity contribution < 1.29 is 9.53 Å². The average molecular weight is 242 g/mol. The highest BCUT2D eigenvalue weighted by atomic mass is 32.1. The molecule has 0 aliphatic heterocycles. The van der Waals surface area contributed by atoms with Gasteiger partial charge in [-0.15, -0.1) is 11.3 Å². The summed E-state index contributed by atoms with van der Waals surface area (Å²) in [6.07, 6.45) is 1.02. The SMILES string of the molecule is CCOC(=O)c1sc(NC(C)CC)cc1N. The molecule has 0 aliphatic rings. The lowest BCUT2D eigenvalue weighted by molar-refractivity contribution is 0.0533. The normalized spacial score (nSPS) is 12.2. The Morgan fingerprint density at radius 1 is 1.62 bits per heavy atom. The molecule has 0 radical (unpaired) electrons. The summed E-state index contributed by atoms with van der Waals surface area (Å²) in [7, 11) is 0. The number of nitrogens with one attached hydrogen (secondary N) is 1. The van der Waals surface area contributed by atoms with Crippen molar-refractivity contribution in [1.82, 2.24) is 0 Å². The molecule has 0 saturated carbocycles. The highest BCUT2D eigenvalue weighted by Gasteiger charge is 2.15. The van der Waals surface area contributed by atoms with E-state index in [1.165, 1.54) is 11.3 Å². The van der Waals surface area contributed by atoms with E-state index < -0.39 is 0 Å². The number of carbonyl (C=O) groups excluding carboxylic acids is 1. The van der Waals surface area contributed by atoms with E-state index in [1.54, 1.807) is 13.0 Å². The van der Waals surface area contributed by atoms with Crippen LogP contribution in [0, 0.1) is 0 Å². The van der Waals surface area contributed by atoms with Gasteiger partial charge in [0, 0.05) is 6.04 Å². The Kier molecular flexibility index (Phi) is 4.61. The van der Waals surface area contributed by atoms with Gasteiger partial charge in [-0.1, -0.05) is 6.92 Å². The standard InChI is InChI=1S/C11H18N2O2S/c1-4-7(3)13-9-6-8(12)10(16-9)11(14)15-5-2/h6-7,13H,4-5,12H2,1-3H3. The van der Waals surface area contributed by atoms with Crippen molar-refractivity contribution in [2.45, 2.75) is 33.2 Å². The van der Waals surface area contributed by atoms with E-state index in [2.05, 4.69) is 19.2 Å². The Morgan fingerprint density at radius 3 is 2.88 bits per heavy atom. The maximum Gasteiger partial charge on any atom is 0.350 e. The molecule has 1 rings (SSSR count). The van der Waals surface area contributed by atoms with Crippen molar-refractivity contribution in [3.8, 4) is 0 Å². The molecule has 0 spiro atoms. The van der Waals surface area contributed by atoms with Gasteiger partial charge in [0.1, 0.15) is 4.88 Å². The predicted molar refractivity (Wildman–Crippen MR) is 68.1 cm³/mol. The molecule has 0 bridgehead atoms. The molecular weight excluding hydrogens is 224 g/mol. The average Bonchev–Trinajstić information content (AvgIpc) is 2.59. The van der Waals surface area contributed by atoms with Crippen molar-refractivity contribution >= 4 is 28.0 Å². The number of hydrogen-bond donors (Lipinski definition) is 2. The van der Waals surface area contributed by atoms with Crippen LogP contribution < -0.4 is 11.1 Å². The lowest BCUT2D eigenvalue weighted by atomic mass is 10.3. The lowest BCUT2D eigenvalue weighted by Crippen LogP contribution is -2.12. The second-order valence-electron chi connectivity index (χ2n) is 3.57. The third-order valence-electron chi connectivity index (χ3n) is 2.22. The maximum absolute atomic E-state index is 11.5. The van der Waals surface area contributed by atoms with Gasteiger partial charge in [0.2, 0.25) is 0 Å². The van der Waals surface area contributed by atoms with E-state index in [-0.39, 0.29) is 5.97 Å². The first-order valence-electron chi connectivity index (χ1n) is 5.41. The minimum absolute atomic E-state index is 0.345. The number of carbonyl (C=O) groups is 1. The van der Waals surface area contributed by atoms with E-state index in [4.69, 9.17) is 10.5 Å². The van der Waals surface area contributed by atoms with Gasteiger partial charge in [-0.05, 0) is 26.3 Å². The number of rotatable bonds is 5. The van der Waals surface area contributed by atoms with Gasteiger partial charge in [-0.25, -0.2) is 4.79 Å². The lowest BCUT2D eigenvalue weighted by Gasteiger charge is -2.09. The molecule has 1 atom stereocenters. The van der Waals surface area contributed by atoms with Gasteiger partial charge in [0.15, 0.2) is 0 Å². The number of nitrogens with two attached hydrogens (primary N) is 1. The number of nitrogen functional groups attached to an aromatic ring is 1. The molecule has 1 unspecified atom stereocenters. The fourth-order valence-electron chi connectivity index (χ4n) is 1.18. The second-order valence-corrected chi connectivity index (χ2v) is 4.62. The molecule has 0 saturated heterocycles. The van der Waals surface area contributed by atoms with Crippen molar-refractivity contribution in [3.05, 3.63) is 10.9 Å². The number of ether oxygens (including phenoxy) is 1. The topological polar surface area (TPSA) is 64.3 Å². The van der Waals surface area contributed by atoms with Crippen molar-refractivity contribution in [2.24, 2.45) is 0 Å². The van der Waals surface area contributed by atoms with Crippen molar-refractivity contribution in [2.75, 3.05) is 17.7 Å². The number of esters is 1. The molecule has 0 fully saturated rings. The highest BCUT2D eigenvalue weighted by molar-refractivity contribution is 7.18. The van der Waals surface area contributed by atoms with Crippen LogP contribution in [0.4, 0.5) is 10.7 Å². The van der Waals surface area contributed by atoms with Crippen molar-refractivity contribution in [3.63, 3.8) is 0 Å². The molecule has 1 heterocycles. The molecule has 3 N–H and O–H groups in total. The smallest absolute Gasteiger partial charge is 0.350 e. The fraction of sp³-hybridized carbons (Fsp3) is 0.545. The van der Waals surface area contributed by atoms with Gasteiger partial charge in [-0.2, -0.15) is 0 Å². The Morgan fingerprint density at radius 2 is 2.31 bits per heavy atom. The van der Waals surface area contributed by atoms with Gasteiger partial charge in [-0.3, -0.25) is 0 Å². The van der Waals surface area contributed by atoms with Crippen LogP contribution >= 0.6 is 11.3 Å². The van der Waals surface area contributed by atoms with Crippen LogP contribution in [0.15, 0.2) is 6.07 Å². The second kappa shape index (κ2) is 5.75. The molecule has 0 aliphatic carbocycles. The van der Waals surface area contributed by atoms with Crippen LogP contribution in [0.2, 0.25) is 0 Å². The van der Waals surface area contributed by atoms with E-state index >= 15 is 0 Å². The monoisotopic (exact) mass is 242 g/mol. The minimum atomic E-state index is -0.345. The Balaban J connectivity index is 2.77. The van der Waals surface area contributed by atoms with Crippen LogP contribution in [0.3, 0.4) is 0 Å². The molecule has 5 heteroatoms. The molecule has 16 heavy (non-hydrogen) atoms. The van der Waals surface area contributed by atoms with Crippen LogP contribution in [-0.4, -0.2) is 18.6 Å². The zero-order valence-corrected chi connectivity index (χ0v) is 10.7. The number of anilines is 2. The predicted octanol–water partition coefficient (Wildman–Crippen LogP) is 2.72. The largest absolute Gasteiger partial charge is 0.462 e. The van der Waals surface area contributed by atoms with Gasteiger partial charge < -0.3 is 15.8 Å². The van der Waals surface area contributed by atoms with Crippen LogP contribution in [0.5, 0.6) is 0 Å². The first-order chi connectivity index (χ1) is 7.58. The van der Waals surface area contributed by atoms with Gasteiger partial charge >= 0.3 is 5.97 Å². The van der Waals surface area contributed by atoms with E-state index in [1.807, 2.05) is 0 Å². The molecule has 1 aromatic rings. The Labute approximate surface area is 99.8 Å². The summed E-state index contributed by atoms with van der Waals surface area (Å²) in [4.78, 5) is 12.0. The molecule has 90 valence electrons. The van der Waals surface area contributed by atoms with Crippen molar-refractivity contribution in [1.29, 1.82) is 0 Å². The first-order valence-corrected chi connectivity index (χ1v) is 6.23. The number of hydrogen-bond acceptors (Lipinski definition) is 5. The van der Waals surface area contributed by atoms with Crippen LogP contribution in [-0.2, 0) is 4.74 Å². The summed E-state index contributed by atoms with van der Waals surface area (Å²) in [5.74, 6) is -0.345. The summed E-state index contributed by atoms with van der Waals surface area (Å²) >= 11 is 1.34. The first kappa shape index (κ1) is 12.8. The third kappa shape index (κ3) is 3.13. The molecule has 0 aromatic carbocycles. The summed E-state index contributed by atoms with van der Waals surface area (Å²) < 4.78 is 4.92. The summed E-state index contributed by atoms with van der Waals surface area (Å²) in [5.41, 5.74) is 6.24. The Hall–Kier alpha value is -1.23. The van der Waals surface area contributed by atoms with E-state index in [0.29, 0.717) is 23.2 Å². The zero-order valence-electron chi connectivity index (χ0n) is 9.87. The quantitative estimate of drug-likeness (QED) is 0.779. The molecule has 1 aromatic heterocycles. The fourth-order valence-corrected chi connectivity index (χ4v) is 2.16. The zero-order chi connectivity index (χ0) is 12.1. The molecular formula is C11H18N2O2S. The maximum atomic E-state index is 11.5. The minimum Gasteiger partial charge on any atom is -0.462 e. The summed E-state index contributed by atoms with van der Waals surface area (Å²) in [5, 5.41) is 4.19. The summed E-state index contributed by atoms with van der Waals surface area (Å²) in [6.45, 7) is 6.32.